The summed E-state index contributed by atoms with van der Waals surface area (Å²) in [6.07, 6.45) is 0.689. The van der Waals surface area contributed by atoms with Gasteiger partial charge in [-0.2, -0.15) is 4.72 Å². The highest BCUT2D eigenvalue weighted by Gasteiger charge is 2.28. The number of ether oxygens (including phenoxy) is 1. The Kier molecular flexibility index (Phi) is 7.60. The number of amides is 1. The summed E-state index contributed by atoms with van der Waals surface area (Å²) in [4.78, 5) is 12.7. The van der Waals surface area contributed by atoms with Gasteiger partial charge in [0, 0.05) is 6.54 Å². The lowest BCUT2D eigenvalue weighted by atomic mass is 10.0. The van der Waals surface area contributed by atoms with Gasteiger partial charge in [0.15, 0.2) is 0 Å². The van der Waals surface area contributed by atoms with Gasteiger partial charge in [0.05, 0.1) is 12.0 Å². The molecule has 7 heteroatoms. The minimum absolute atomic E-state index is 0.0895. The van der Waals surface area contributed by atoms with Gasteiger partial charge in [0.2, 0.25) is 15.9 Å². The lowest BCUT2D eigenvalue weighted by Gasteiger charge is -2.22. The molecule has 2 aromatic carbocycles. The number of hydrogen-bond donors (Lipinski definition) is 2. The summed E-state index contributed by atoms with van der Waals surface area (Å²) in [5.41, 5.74) is 2.32. The van der Waals surface area contributed by atoms with Crippen LogP contribution in [0.4, 0.5) is 0 Å². The van der Waals surface area contributed by atoms with Crippen molar-refractivity contribution in [3.8, 4) is 5.75 Å². The molecule has 152 valence electrons. The number of sulfonamides is 1. The van der Waals surface area contributed by atoms with E-state index in [4.69, 9.17) is 4.74 Å². The number of hydrogen-bond acceptors (Lipinski definition) is 4. The van der Waals surface area contributed by atoms with E-state index in [9.17, 15) is 13.2 Å². The summed E-state index contributed by atoms with van der Waals surface area (Å²) in [5.74, 6) is 0.0282. The van der Waals surface area contributed by atoms with E-state index in [2.05, 4.69) is 10.0 Å². The summed E-state index contributed by atoms with van der Waals surface area (Å²) in [7, 11) is -2.31. The van der Waals surface area contributed by atoms with Crippen LogP contribution in [0.25, 0.3) is 0 Å². The van der Waals surface area contributed by atoms with Crippen molar-refractivity contribution in [3.05, 3.63) is 59.7 Å². The molecule has 0 bridgehead atoms. The van der Waals surface area contributed by atoms with Gasteiger partial charge in [-0.15, -0.1) is 0 Å². The van der Waals surface area contributed by atoms with E-state index < -0.39 is 16.1 Å². The van der Waals surface area contributed by atoms with Gasteiger partial charge in [0.25, 0.3) is 0 Å². The first-order chi connectivity index (χ1) is 13.2. The summed E-state index contributed by atoms with van der Waals surface area (Å²) < 4.78 is 32.9. The van der Waals surface area contributed by atoms with Gasteiger partial charge in [-0.05, 0) is 54.7 Å². The maximum atomic E-state index is 12.7. The van der Waals surface area contributed by atoms with Crippen LogP contribution in [0, 0.1) is 12.8 Å². The highest BCUT2D eigenvalue weighted by atomic mass is 32.2. The number of methoxy groups -OCH3 is 1. The van der Waals surface area contributed by atoms with Crippen LogP contribution in [0.3, 0.4) is 0 Å². The maximum Gasteiger partial charge on any atom is 0.241 e. The third-order valence-electron chi connectivity index (χ3n) is 4.56. The van der Waals surface area contributed by atoms with Crippen LogP contribution in [0.2, 0.25) is 0 Å². The Hall–Kier alpha value is -2.38. The van der Waals surface area contributed by atoms with E-state index in [1.807, 2.05) is 45.0 Å². The van der Waals surface area contributed by atoms with E-state index >= 15 is 0 Å². The van der Waals surface area contributed by atoms with Crippen molar-refractivity contribution < 1.29 is 17.9 Å². The first kappa shape index (κ1) is 21.9. The summed E-state index contributed by atoms with van der Waals surface area (Å²) in [6.45, 7) is 6.08. The molecule has 0 spiro atoms. The number of rotatable bonds is 9. The molecule has 0 heterocycles. The van der Waals surface area contributed by atoms with E-state index in [1.54, 1.807) is 12.1 Å². The number of carbonyl (C=O) groups is 1. The largest absolute Gasteiger partial charge is 0.497 e. The van der Waals surface area contributed by atoms with Crippen LogP contribution in [0.1, 0.15) is 25.0 Å². The second kappa shape index (κ2) is 9.71. The monoisotopic (exact) mass is 404 g/mol. The molecule has 2 N–H and O–H groups in total. The molecule has 6 nitrogen and oxygen atoms in total. The van der Waals surface area contributed by atoms with Gasteiger partial charge in [0.1, 0.15) is 11.8 Å². The van der Waals surface area contributed by atoms with Crippen LogP contribution in [-0.4, -0.2) is 34.0 Å². The Bertz CT molecular complexity index is 893. The minimum atomic E-state index is -3.82. The summed E-state index contributed by atoms with van der Waals surface area (Å²) in [5, 5.41) is 2.85. The molecule has 28 heavy (non-hydrogen) atoms. The van der Waals surface area contributed by atoms with Crippen molar-refractivity contribution in [2.24, 2.45) is 5.92 Å². The fourth-order valence-electron chi connectivity index (χ4n) is 2.80. The fraction of sp³-hybridized carbons (Fsp3) is 0.381. The van der Waals surface area contributed by atoms with Crippen molar-refractivity contribution in [3.63, 3.8) is 0 Å². The molecule has 0 radical (unpaired) electrons. The van der Waals surface area contributed by atoms with Gasteiger partial charge in [-0.3, -0.25) is 4.79 Å². The Balaban J connectivity index is 2.02. The smallest absolute Gasteiger partial charge is 0.241 e. The lowest BCUT2D eigenvalue weighted by molar-refractivity contribution is -0.123. The van der Waals surface area contributed by atoms with E-state index in [1.165, 1.54) is 19.2 Å². The minimum Gasteiger partial charge on any atom is -0.497 e. The number of nitrogens with one attached hydrogen (secondary N) is 2. The van der Waals surface area contributed by atoms with Crippen molar-refractivity contribution in [1.82, 2.24) is 10.0 Å². The van der Waals surface area contributed by atoms with Crippen molar-refractivity contribution in [2.75, 3.05) is 13.7 Å². The van der Waals surface area contributed by atoms with E-state index in [-0.39, 0.29) is 16.7 Å². The Labute approximate surface area is 167 Å². The third kappa shape index (κ3) is 5.81. The van der Waals surface area contributed by atoms with Crippen LogP contribution in [0.15, 0.2) is 53.4 Å². The molecule has 0 aliphatic rings. The molecule has 1 amide bonds. The fourth-order valence-corrected chi connectivity index (χ4v) is 4.15. The predicted octanol–water partition coefficient (Wildman–Crippen LogP) is 2.67. The quantitative estimate of drug-likeness (QED) is 0.673. The number of benzene rings is 2. The zero-order chi connectivity index (χ0) is 20.7. The van der Waals surface area contributed by atoms with Gasteiger partial charge >= 0.3 is 0 Å². The van der Waals surface area contributed by atoms with Crippen molar-refractivity contribution in [1.29, 1.82) is 0 Å². The van der Waals surface area contributed by atoms with Crippen LogP contribution >= 0.6 is 0 Å². The van der Waals surface area contributed by atoms with Crippen molar-refractivity contribution >= 4 is 15.9 Å². The first-order valence-electron chi connectivity index (χ1n) is 9.23. The molecule has 2 rings (SSSR count). The van der Waals surface area contributed by atoms with Crippen LogP contribution < -0.4 is 14.8 Å². The Morgan fingerprint density at radius 1 is 1.07 bits per heavy atom. The molecule has 0 saturated carbocycles. The van der Waals surface area contributed by atoms with Crippen LogP contribution in [0.5, 0.6) is 5.75 Å². The van der Waals surface area contributed by atoms with Gasteiger partial charge < -0.3 is 10.1 Å². The standard InChI is InChI=1S/C21H28N2O4S/c1-15(2)20(21(24)22-14-13-17-8-6-5-7-16(17)3)23-28(25,26)19-11-9-18(27-4)10-12-19/h5-12,15,20,23H,13-14H2,1-4H3,(H,22,24)/t20-/m0/s1. The van der Waals surface area contributed by atoms with Crippen LogP contribution in [-0.2, 0) is 21.2 Å². The highest BCUT2D eigenvalue weighted by Crippen LogP contribution is 2.17. The van der Waals surface area contributed by atoms with E-state index in [0.717, 1.165) is 11.1 Å². The normalized spacial score (nSPS) is 12.6. The lowest BCUT2D eigenvalue weighted by Crippen LogP contribution is -2.49. The topological polar surface area (TPSA) is 84.5 Å². The first-order valence-corrected chi connectivity index (χ1v) is 10.7. The molecule has 0 saturated heterocycles. The molecular formula is C21H28N2O4S. The molecule has 0 aliphatic carbocycles. The molecule has 1 atom stereocenters. The predicted molar refractivity (Wildman–Crippen MR) is 110 cm³/mol. The summed E-state index contributed by atoms with van der Waals surface area (Å²) >= 11 is 0. The average molecular weight is 405 g/mol. The van der Waals surface area contributed by atoms with Gasteiger partial charge in [-0.25, -0.2) is 8.42 Å². The zero-order valence-electron chi connectivity index (χ0n) is 16.7. The van der Waals surface area contributed by atoms with E-state index in [0.29, 0.717) is 18.7 Å². The average Bonchev–Trinajstić information content (AvgIpc) is 2.67. The number of carbonyl (C=O) groups excluding carboxylic acids is 1. The molecule has 0 unspecified atom stereocenters. The summed E-state index contributed by atoms with van der Waals surface area (Å²) in [6, 6.07) is 13.2. The Morgan fingerprint density at radius 3 is 2.29 bits per heavy atom. The molecule has 0 fully saturated rings. The number of aryl methyl sites for hydroxylation is 1. The Morgan fingerprint density at radius 2 is 1.71 bits per heavy atom. The van der Waals surface area contributed by atoms with Gasteiger partial charge in [-0.1, -0.05) is 38.1 Å². The van der Waals surface area contributed by atoms with Crippen molar-refractivity contribution in [2.45, 2.75) is 38.1 Å². The second-order valence-corrected chi connectivity index (χ2v) is 8.70. The molecule has 2 aromatic rings. The maximum absolute atomic E-state index is 12.7. The highest BCUT2D eigenvalue weighted by molar-refractivity contribution is 7.89. The SMILES string of the molecule is COc1ccc(S(=O)(=O)N[C@H](C(=O)NCCc2ccccc2C)C(C)C)cc1. The second-order valence-electron chi connectivity index (χ2n) is 6.99. The molecular weight excluding hydrogens is 376 g/mol. The molecule has 0 aromatic heterocycles. The zero-order valence-corrected chi connectivity index (χ0v) is 17.5. The molecule has 0 aliphatic heterocycles. The third-order valence-corrected chi connectivity index (χ3v) is 6.01.